The van der Waals surface area contributed by atoms with Crippen LogP contribution in [0.5, 0.6) is 0 Å². The molecule has 1 saturated heterocycles. The molecule has 3 heterocycles. The highest BCUT2D eigenvalue weighted by Gasteiger charge is 2.38. The average Bonchev–Trinajstić information content (AvgIpc) is 3.35. The summed E-state index contributed by atoms with van der Waals surface area (Å²) in [6.07, 6.45) is -3.99. The van der Waals surface area contributed by atoms with E-state index < -0.39 is 12.1 Å². The van der Waals surface area contributed by atoms with Gasteiger partial charge in [-0.05, 0) is 49.2 Å². The van der Waals surface area contributed by atoms with Gasteiger partial charge in [0.1, 0.15) is 16.3 Å². The van der Waals surface area contributed by atoms with Crippen molar-refractivity contribution in [1.82, 2.24) is 14.9 Å². The SMILES string of the molecule is NCC1CCN(Cc2nc3cc(-c4ccc(F)cc4)sc3c(=O)[nH]2)C1.O=C(O)C(F)(F)F. The molecule has 0 spiro atoms. The molecule has 1 aliphatic rings. The second-order valence-electron chi connectivity index (χ2n) is 7.27. The number of aliphatic carboxylic acids is 1. The molecule has 12 heteroatoms. The summed E-state index contributed by atoms with van der Waals surface area (Å²) in [4.78, 5) is 32.0. The highest BCUT2D eigenvalue weighted by Crippen LogP contribution is 2.31. The van der Waals surface area contributed by atoms with Crippen LogP contribution < -0.4 is 11.3 Å². The summed E-state index contributed by atoms with van der Waals surface area (Å²) in [7, 11) is 0. The Hall–Kier alpha value is -2.83. The summed E-state index contributed by atoms with van der Waals surface area (Å²) in [5.41, 5.74) is 7.19. The second-order valence-corrected chi connectivity index (χ2v) is 8.33. The number of aromatic nitrogens is 2. The Morgan fingerprint density at radius 2 is 1.97 bits per heavy atom. The van der Waals surface area contributed by atoms with Gasteiger partial charge in [-0.1, -0.05) is 12.1 Å². The Balaban J connectivity index is 0.000000360. The third-order valence-corrected chi connectivity index (χ3v) is 6.05. The molecule has 172 valence electrons. The fourth-order valence-electron chi connectivity index (χ4n) is 3.28. The molecule has 2 aromatic heterocycles. The maximum atomic E-state index is 13.1. The van der Waals surface area contributed by atoms with Gasteiger partial charge in [0, 0.05) is 11.4 Å². The van der Waals surface area contributed by atoms with Crippen LogP contribution in [0.15, 0.2) is 35.1 Å². The number of alkyl halides is 3. The van der Waals surface area contributed by atoms with Crippen LogP contribution in [-0.2, 0) is 11.3 Å². The van der Waals surface area contributed by atoms with E-state index in [2.05, 4.69) is 14.9 Å². The van der Waals surface area contributed by atoms with Gasteiger partial charge in [-0.25, -0.2) is 14.2 Å². The van der Waals surface area contributed by atoms with Crippen molar-refractivity contribution >= 4 is 27.5 Å². The van der Waals surface area contributed by atoms with Gasteiger partial charge >= 0.3 is 12.1 Å². The first-order valence-electron chi connectivity index (χ1n) is 9.58. The molecular weight excluding hydrogens is 452 g/mol. The number of carboxylic acids is 1. The van der Waals surface area contributed by atoms with E-state index >= 15 is 0 Å². The number of benzene rings is 1. The number of hydrogen-bond acceptors (Lipinski definition) is 6. The van der Waals surface area contributed by atoms with E-state index in [-0.39, 0.29) is 11.4 Å². The van der Waals surface area contributed by atoms with Gasteiger partial charge in [0.05, 0.1) is 12.1 Å². The molecule has 0 radical (unpaired) electrons. The lowest BCUT2D eigenvalue weighted by Crippen LogP contribution is -2.25. The number of nitrogens with zero attached hydrogens (tertiary/aromatic N) is 2. The minimum atomic E-state index is -5.08. The molecule has 1 atom stereocenters. The highest BCUT2D eigenvalue weighted by molar-refractivity contribution is 7.22. The van der Waals surface area contributed by atoms with Gasteiger partial charge in [-0.2, -0.15) is 13.2 Å². The summed E-state index contributed by atoms with van der Waals surface area (Å²) >= 11 is 1.38. The van der Waals surface area contributed by atoms with Crippen LogP contribution in [0, 0.1) is 11.7 Å². The monoisotopic (exact) mass is 472 g/mol. The molecule has 1 aromatic carbocycles. The third kappa shape index (κ3) is 5.90. The van der Waals surface area contributed by atoms with Crippen LogP contribution in [0.4, 0.5) is 17.6 Å². The Labute approximate surface area is 183 Å². The van der Waals surface area contributed by atoms with E-state index in [1.165, 1.54) is 23.5 Å². The number of nitrogens with one attached hydrogen (secondary N) is 1. The molecule has 0 bridgehead atoms. The number of rotatable bonds is 4. The zero-order valence-corrected chi connectivity index (χ0v) is 17.5. The zero-order chi connectivity index (χ0) is 23.5. The number of halogens is 4. The topological polar surface area (TPSA) is 112 Å². The summed E-state index contributed by atoms with van der Waals surface area (Å²) < 4.78 is 45.4. The third-order valence-electron chi connectivity index (χ3n) is 4.88. The predicted molar refractivity (Wildman–Crippen MR) is 112 cm³/mol. The summed E-state index contributed by atoms with van der Waals surface area (Å²) in [6, 6.07) is 8.17. The van der Waals surface area contributed by atoms with E-state index in [4.69, 9.17) is 15.6 Å². The Kier molecular flexibility index (Phi) is 7.26. The number of likely N-dealkylation sites (tertiary alicyclic amines) is 1. The standard InChI is InChI=1S/C18H19FN4OS.C2HF3O2/c19-13-3-1-12(2-4-13)15-7-14-17(25-15)18(24)22-16(21-14)10-23-6-5-11(8-20)9-23;3-2(4,5)1(6)7/h1-4,7,11H,5-6,8-10,20H2,(H,21,22,24);(H,6,7). The molecule has 4 N–H and O–H groups in total. The molecule has 1 fully saturated rings. The second kappa shape index (κ2) is 9.76. The van der Waals surface area contributed by atoms with Crippen molar-refractivity contribution in [1.29, 1.82) is 0 Å². The summed E-state index contributed by atoms with van der Waals surface area (Å²) in [5.74, 6) is -1.82. The van der Waals surface area contributed by atoms with Crippen molar-refractivity contribution in [3.63, 3.8) is 0 Å². The minimum Gasteiger partial charge on any atom is -0.475 e. The lowest BCUT2D eigenvalue weighted by molar-refractivity contribution is -0.192. The van der Waals surface area contributed by atoms with Crippen molar-refractivity contribution in [2.24, 2.45) is 11.7 Å². The van der Waals surface area contributed by atoms with Gasteiger partial charge in [-0.15, -0.1) is 11.3 Å². The van der Waals surface area contributed by atoms with Crippen LogP contribution in [0.1, 0.15) is 12.2 Å². The Morgan fingerprint density at radius 3 is 2.53 bits per heavy atom. The molecule has 4 rings (SSSR count). The molecule has 1 unspecified atom stereocenters. The van der Waals surface area contributed by atoms with Crippen LogP contribution in [0.2, 0.25) is 0 Å². The van der Waals surface area contributed by atoms with Crippen LogP contribution in [-0.4, -0.2) is 51.8 Å². The maximum Gasteiger partial charge on any atom is 0.490 e. The highest BCUT2D eigenvalue weighted by atomic mass is 32.1. The van der Waals surface area contributed by atoms with Crippen molar-refractivity contribution < 1.29 is 27.5 Å². The molecule has 0 saturated carbocycles. The fourth-order valence-corrected chi connectivity index (χ4v) is 4.28. The van der Waals surface area contributed by atoms with Crippen LogP contribution >= 0.6 is 11.3 Å². The van der Waals surface area contributed by atoms with Gasteiger partial charge < -0.3 is 15.8 Å². The van der Waals surface area contributed by atoms with Crippen LogP contribution in [0.25, 0.3) is 20.7 Å². The zero-order valence-electron chi connectivity index (χ0n) is 16.7. The number of carboxylic acid groups (broad SMARTS) is 1. The largest absolute Gasteiger partial charge is 0.490 e. The smallest absolute Gasteiger partial charge is 0.475 e. The number of fused-ring (bicyclic) bond motifs is 1. The fraction of sp³-hybridized carbons (Fsp3) is 0.350. The van der Waals surface area contributed by atoms with Gasteiger partial charge in [0.2, 0.25) is 0 Å². The molecular formula is C20H20F4N4O3S. The number of H-pyrrole nitrogens is 1. The van der Waals surface area contributed by atoms with Crippen molar-refractivity contribution in [3.8, 4) is 10.4 Å². The Bertz CT molecular complexity index is 1140. The number of thiophene rings is 1. The number of carbonyl (C=O) groups is 1. The molecule has 0 aliphatic carbocycles. The van der Waals surface area contributed by atoms with Gasteiger partial charge in [0.25, 0.3) is 5.56 Å². The van der Waals surface area contributed by atoms with E-state index in [1.807, 2.05) is 6.07 Å². The maximum absolute atomic E-state index is 13.1. The van der Waals surface area contributed by atoms with E-state index in [1.54, 1.807) is 12.1 Å². The molecule has 3 aromatic rings. The number of nitrogens with two attached hydrogens (primary N) is 1. The molecule has 1 aliphatic heterocycles. The first-order chi connectivity index (χ1) is 15.1. The lowest BCUT2D eigenvalue weighted by atomic mass is 10.1. The first kappa shape index (κ1) is 23.8. The quantitative estimate of drug-likeness (QED) is 0.503. The number of hydrogen-bond donors (Lipinski definition) is 3. The normalized spacial score (nSPS) is 16.7. The van der Waals surface area contributed by atoms with E-state index in [9.17, 15) is 22.4 Å². The average molecular weight is 472 g/mol. The van der Waals surface area contributed by atoms with Crippen molar-refractivity contribution in [2.75, 3.05) is 19.6 Å². The summed E-state index contributed by atoms with van der Waals surface area (Å²) in [6.45, 7) is 3.26. The lowest BCUT2D eigenvalue weighted by Gasteiger charge is -2.14. The van der Waals surface area contributed by atoms with E-state index in [0.717, 1.165) is 30.0 Å². The number of aromatic amines is 1. The Morgan fingerprint density at radius 1 is 1.31 bits per heavy atom. The van der Waals surface area contributed by atoms with Crippen molar-refractivity contribution in [3.05, 3.63) is 52.3 Å². The van der Waals surface area contributed by atoms with Crippen LogP contribution in [0.3, 0.4) is 0 Å². The van der Waals surface area contributed by atoms with Crippen molar-refractivity contribution in [2.45, 2.75) is 19.1 Å². The summed E-state index contributed by atoms with van der Waals surface area (Å²) in [5, 5.41) is 7.12. The molecule has 0 amide bonds. The molecule has 7 nitrogen and oxygen atoms in total. The predicted octanol–water partition coefficient (Wildman–Crippen LogP) is 3.20. The molecule has 32 heavy (non-hydrogen) atoms. The van der Waals surface area contributed by atoms with E-state index in [0.29, 0.717) is 35.0 Å². The van der Waals surface area contributed by atoms with Gasteiger partial charge in [-0.3, -0.25) is 9.69 Å². The first-order valence-corrected chi connectivity index (χ1v) is 10.4. The van der Waals surface area contributed by atoms with Gasteiger partial charge in [0.15, 0.2) is 0 Å². The minimum absolute atomic E-state index is 0.118.